The fourth-order valence-corrected chi connectivity index (χ4v) is 6.21. The molecule has 0 N–H and O–H groups in total. The van der Waals surface area contributed by atoms with E-state index in [0.29, 0.717) is 12.6 Å². The minimum absolute atomic E-state index is 0.123. The van der Waals surface area contributed by atoms with Crippen molar-refractivity contribution in [2.45, 2.75) is 71.0 Å². The summed E-state index contributed by atoms with van der Waals surface area (Å²) in [4.78, 5) is 21.6. The summed E-state index contributed by atoms with van der Waals surface area (Å²) in [6.07, 6.45) is 7.23. The maximum atomic E-state index is 12.3. The summed E-state index contributed by atoms with van der Waals surface area (Å²) in [6, 6.07) is 9.05. The van der Waals surface area contributed by atoms with Crippen LogP contribution in [0.25, 0.3) is 22.0 Å². The molecule has 5 heterocycles. The zero-order chi connectivity index (χ0) is 24.2. The van der Waals surface area contributed by atoms with Crippen LogP contribution in [0, 0.1) is 0 Å². The zero-order valence-electron chi connectivity index (χ0n) is 21.1. The van der Waals surface area contributed by atoms with Crippen LogP contribution in [0.4, 0.5) is 5.82 Å². The van der Waals surface area contributed by atoms with Crippen molar-refractivity contribution in [3.63, 3.8) is 0 Å². The number of fused-ring (bicyclic) bond motifs is 2. The molecule has 1 aromatic carbocycles. The zero-order valence-corrected chi connectivity index (χ0v) is 21.1. The topological polar surface area (TPSA) is 63.5 Å². The Bertz CT molecular complexity index is 1270. The van der Waals surface area contributed by atoms with Gasteiger partial charge in [-0.1, -0.05) is 18.2 Å². The second-order valence-corrected chi connectivity index (χ2v) is 10.9. The molecule has 184 valence electrons. The summed E-state index contributed by atoms with van der Waals surface area (Å²) >= 11 is 0. The SMILES string of the molecule is CC(=O)N1CCc2c(c(-c3cccc4cc(N5CCCC5(C)C)ncc34)nn2C2CCOCC2)C1. The van der Waals surface area contributed by atoms with Gasteiger partial charge in [-0.2, -0.15) is 5.10 Å². The number of hydrogen-bond acceptors (Lipinski definition) is 5. The number of ether oxygens (including phenoxy) is 1. The molecule has 35 heavy (non-hydrogen) atoms. The molecule has 3 aliphatic rings. The molecule has 6 rings (SSSR count). The van der Waals surface area contributed by atoms with Gasteiger partial charge in [-0.3, -0.25) is 9.48 Å². The predicted molar refractivity (Wildman–Crippen MR) is 138 cm³/mol. The van der Waals surface area contributed by atoms with Crippen molar-refractivity contribution in [1.82, 2.24) is 19.7 Å². The van der Waals surface area contributed by atoms with E-state index in [1.807, 2.05) is 11.1 Å². The predicted octanol–water partition coefficient (Wildman–Crippen LogP) is 4.73. The molecule has 1 amide bonds. The van der Waals surface area contributed by atoms with Gasteiger partial charge in [0.25, 0.3) is 0 Å². The third kappa shape index (κ3) is 3.90. The van der Waals surface area contributed by atoms with E-state index in [4.69, 9.17) is 14.8 Å². The fraction of sp³-hybridized carbons (Fsp3) is 0.536. The second kappa shape index (κ2) is 8.63. The highest BCUT2D eigenvalue weighted by molar-refractivity contribution is 5.97. The Labute approximate surface area is 207 Å². The van der Waals surface area contributed by atoms with Crippen LogP contribution in [0.2, 0.25) is 0 Å². The van der Waals surface area contributed by atoms with Crippen LogP contribution in [0.15, 0.2) is 30.5 Å². The lowest BCUT2D eigenvalue weighted by molar-refractivity contribution is -0.129. The van der Waals surface area contributed by atoms with E-state index in [1.165, 1.54) is 29.5 Å². The summed E-state index contributed by atoms with van der Waals surface area (Å²) in [5.74, 6) is 1.17. The van der Waals surface area contributed by atoms with Gasteiger partial charge in [0.05, 0.1) is 11.7 Å². The van der Waals surface area contributed by atoms with E-state index in [-0.39, 0.29) is 11.4 Å². The molecule has 0 spiro atoms. The number of aromatic nitrogens is 3. The minimum atomic E-state index is 0.123. The average Bonchev–Trinajstić information content (AvgIpc) is 3.43. The van der Waals surface area contributed by atoms with Gasteiger partial charge in [0.15, 0.2) is 0 Å². The van der Waals surface area contributed by atoms with Gasteiger partial charge in [0.2, 0.25) is 5.91 Å². The van der Waals surface area contributed by atoms with Gasteiger partial charge in [-0.05, 0) is 51.0 Å². The lowest BCUT2D eigenvalue weighted by Gasteiger charge is -2.32. The molecule has 0 bridgehead atoms. The molecule has 0 unspecified atom stereocenters. The standard InChI is InChI=1S/C28H35N5O2/c1-19(34)31-13-8-25-24(18-31)27(30-33(25)21-9-14-35-15-10-21)22-7-4-6-20-16-26(29-17-23(20)22)32-12-5-11-28(32,2)3/h4,6-7,16-17,21H,5,8-15,18H2,1-3H3. The highest BCUT2D eigenvalue weighted by atomic mass is 16.5. The third-order valence-electron chi connectivity index (χ3n) is 8.25. The molecule has 0 aliphatic carbocycles. The number of amides is 1. The summed E-state index contributed by atoms with van der Waals surface area (Å²) in [5.41, 5.74) is 4.71. The Morgan fingerprint density at radius 1 is 1.17 bits per heavy atom. The van der Waals surface area contributed by atoms with E-state index in [1.54, 1.807) is 6.92 Å². The molecule has 3 aliphatic heterocycles. The van der Waals surface area contributed by atoms with Crippen LogP contribution in [-0.4, -0.2) is 57.4 Å². The lowest BCUT2D eigenvalue weighted by atomic mass is 9.97. The summed E-state index contributed by atoms with van der Waals surface area (Å²) in [5, 5.41) is 7.54. The number of carbonyl (C=O) groups excluding carboxylic acids is 1. The molecule has 0 radical (unpaired) electrons. The van der Waals surface area contributed by atoms with Crippen molar-refractivity contribution in [2.24, 2.45) is 0 Å². The molecule has 2 aromatic heterocycles. The Kier molecular flexibility index (Phi) is 5.55. The monoisotopic (exact) mass is 473 g/mol. The summed E-state index contributed by atoms with van der Waals surface area (Å²) in [7, 11) is 0. The van der Waals surface area contributed by atoms with Crippen molar-refractivity contribution in [3.8, 4) is 11.3 Å². The molecule has 0 saturated carbocycles. The second-order valence-electron chi connectivity index (χ2n) is 10.9. The molecule has 3 aromatic rings. The number of anilines is 1. The van der Waals surface area contributed by atoms with Crippen LogP contribution in [0.1, 0.15) is 63.8 Å². The summed E-state index contributed by atoms with van der Waals surface area (Å²) < 4.78 is 7.89. The Morgan fingerprint density at radius 3 is 2.74 bits per heavy atom. The van der Waals surface area contributed by atoms with Crippen molar-refractivity contribution in [3.05, 3.63) is 41.7 Å². The van der Waals surface area contributed by atoms with E-state index >= 15 is 0 Å². The minimum Gasteiger partial charge on any atom is -0.381 e. The molecule has 7 heteroatoms. The summed E-state index contributed by atoms with van der Waals surface area (Å²) in [6.45, 7) is 10.3. The fourth-order valence-electron chi connectivity index (χ4n) is 6.21. The first-order chi connectivity index (χ1) is 16.9. The van der Waals surface area contributed by atoms with Crippen LogP contribution in [0.3, 0.4) is 0 Å². The smallest absolute Gasteiger partial charge is 0.219 e. The molecule has 0 atom stereocenters. The first kappa shape index (κ1) is 22.5. The van der Waals surface area contributed by atoms with Gasteiger partial charge in [0.1, 0.15) is 5.82 Å². The van der Waals surface area contributed by atoms with Crippen molar-refractivity contribution >= 4 is 22.5 Å². The Morgan fingerprint density at radius 2 is 2.00 bits per heavy atom. The van der Waals surface area contributed by atoms with Crippen LogP contribution >= 0.6 is 0 Å². The van der Waals surface area contributed by atoms with Crippen molar-refractivity contribution < 1.29 is 9.53 Å². The van der Waals surface area contributed by atoms with Crippen molar-refractivity contribution in [2.75, 3.05) is 31.2 Å². The van der Waals surface area contributed by atoms with Crippen LogP contribution in [0.5, 0.6) is 0 Å². The van der Waals surface area contributed by atoms with E-state index in [0.717, 1.165) is 68.0 Å². The Balaban J connectivity index is 1.46. The first-order valence-electron chi connectivity index (χ1n) is 13.0. The number of hydrogen-bond donors (Lipinski definition) is 0. The molecule has 2 saturated heterocycles. The van der Waals surface area contributed by atoms with Crippen LogP contribution < -0.4 is 4.90 Å². The van der Waals surface area contributed by atoms with Gasteiger partial charge in [-0.15, -0.1) is 0 Å². The van der Waals surface area contributed by atoms with E-state index in [9.17, 15) is 4.79 Å². The van der Waals surface area contributed by atoms with Gasteiger partial charge < -0.3 is 14.5 Å². The maximum Gasteiger partial charge on any atom is 0.219 e. The number of rotatable bonds is 3. The molecule has 2 fully saturated rings. The molecular formula is C28H35N5O2. The van der Waals surface area contributed by atoms with Gasteiger partial charge in [-0.25, -0.2) is 4.98 Å². The first-order valence-corrected chi connectivity index (χ1v) is 13.0. The largest absolute Gasteiger partial charge is 0.381 e. The van der Waals surface area contributed by atoms with E-state index < -0.39 is 0 Å². The van der Waals surface area contributed by atoms with Gasteiger partial charge in [0, 0.05) is 80.1 Å². The number of nitrogens with zero attached hydrogens (tertiary/aromatic N) is 5. The Hall–Kier alpha value is -2.93. The van der Waals surface area contributed by atoms with Gasteiger partial charge >= 0.3 is 0 Å². The van der Waals surface area contributed by atoms with E-state index in [2.05, 4.69) is 47.7 Å². The quantitative estimate of drug-likeness (QED) is 0.550. The number of carbonyl (C=O) groups is 1. The number of benzene rings is 1. The number of pyridine rings is 1. The van der Waals surface area contributed by atoms with Crippen molar-refractivity contribution in [1.29, 1.82) is 0 Å². The molecule has 7 nitrogen and oxygen atoms in total. The van der Waals surface area contributed by atoms with Crippen LogP contribution in [-0.2, 0) is 22.5 Å². The highest BCUT2D eigenvalue weighted by Crippen LogP contribution is 2.39. The average molecular weight is 474 g/mol. The molecular weight excluding hydrogens is 438 g/mol. The maximum absolute atomic E-state index is 12.3. The third-order valence-corrected chi connectivity index (χ3v) is 8.25. The lowest BCUT2D eigenvalue weighted by Crippen LogP contribution is -2.38. The highest BCUT2D eigenvalue weighted by Gasteiger charge is 2.33. The normalized spacial score (nSPS) is 20.4.